The third kappa shape index (κ3) is 5.48. The fraction of sp³-hybridized carbons (Fsp3) is 0.600. The van der Waals surface area contributed by atoms with Crippen molar-refractivity contribution >= 4 is 24.0 Å². The van der Waals surface area contributed by atoms with Crippen LogP contribution in [0, 0.1) is 12.7 Å². The molecule has 0 radical (unpaired) electrons. The van der Waals surface area contributed by atoms with Gasteiger partial charge < -0.3 is 5.32 Å². The molecule has 132 valence electrons. The first-order valence-electron chi connectivity index (χ1n) is 7.25. The molecule has 1 heterocycles. The van der Waals surface area contributed by atoms with Crippen LogP contribution in [0.4, 0.5) is 17.6 Å². The van der Waals surface area contributed by atoms with Gasteiger partial charge in [-0.3, -0.25) is 4.90 Å². The molecule has 0 saturated carbocycles. The maximum atomic E-state index is 14.2. The summed E-state index contributed by atoms with van der Waals surface area (Å²) in [7, 11) is 0. The Morgan fingerprint density at radius 3 is 2.43 bits per heavy atom. The molecule has 1 N–H and O–H groups in total. The lowest BCUT2D eigenvalue weighted by atomic mass is 9.97. The maximum absolute atomic E-state index is 14.2. The molecule has 1 aliphatic rings. The van der Waals surface area contributed by atoms with Gasteiger partial charge in [0.1, 0.15) is 5.82 Å². The van der Waals surface area contributed by atoms with Crippen molar-refractivity contribution in [2.24, 2.45) is 0 Å². The van der Waals surface area contributed by atoms with Crippen molar-refractivity contribution in [2.45, 2.75) is 32.0 Å². The summed E-state index contributed by atoms with van der Waals surface area (Å²) >= 11 is 6.20. The van der Waals surface area contributed by atoms with E-state index in [2.05, 4.69) is 5.32 Å². The highest BCUT2D eigenvalue weighted by molar-refractivity contribution is 6.32. The van der Waals surface area contributed by atoms with E-state index in [9.17, 15) is 17.6 Å². The van der Waals surface area contributed by atoms with Gasteiger partial charge in [-0.2, -0.15) is 13.2 Å². The average Bonchev–Trinajstić information content (AvgIpc) is 2.46. The number of halogens is 6. The Bertz CT molecular complexity index is 517. The fourth-order valence-corrected chi connectivity index (χ4v) is 3.07. The summed E-state index contributed by atoms with van der Waals surface area (Å²) in [5, 5.41) is 3.37. The van der Waals surface area contributed by atoms with Gasteiger partial charge in [-0.25, -0.2) is 4.39 Å². The van der Waals surface area contributed by atoms with Gasteiger partial charge in [0.15, 0.2) is 0 Å². The summed E-state index contributed by atoms with van der Waals surface area (Å²) in [6, 6.07) is 2.16. The molecular weight excluding hydrogens is 355 g/mol. The van der Waals surface area contributed by atoms with E-state index in [1.54, 1.807) is 13.0 Å². The molecule has 8 heteroatoms. The zero-order chi connectivity index (χ0) is 16.3. The number of nitrogens with zero attached hydrogens (tertiary/aromatic N) is 1. The lowest BCUT2D eigenvalue weighted by Crippen LogP contribution is -2.45. The van der Waals surface area contributed by atoms with E-state index in [1.807, 2.05) is 4.90 Å². The minimum Gasteiger partial charge on any atom is -0.314 e. The van der Waals surface area contributed by atoms with E-state index in [-0.39, 0.29) is 29.4 Å². The summed E-state index contributed by atoms with van der Waals surface area (Å²) in [4.78, 5) is 1.88. The van der Waals surface area contributed by atoms with E-state index in [1.165, 1.54) is 6.07 Å². The van der Waals surface area contributed by atoms with Crippen molar-refractivity contribution in [3.63, 3.8) is 0 Å². The van der Waals surface area contributed by atoms with Crippen LogP contribution in [0.2, 0.25) is 5.02 Å². The predicted molar refractivity (Wildman–Crippen MR) is 85.9 cm³/mol. The summed E-state index contributed by atoms with van der Waals surface area (Å²) in [5.74, 6) is -0.540. The second-order valence-corrected chi connectivity index (χ2v) is 5.93. The summed E-state index contributed by atoms with van der Waals surface area (Å²) < 4.78 is 52.1. The first-order chi connectivity index (χ1) is 10.3. The number of alkyl halides is 3. The molecule has 23 heavy (non-hydrogen) atoms. The first kappa shape index (κ1) is 20.5. The van der Waals surface area contributed by atoms with Crippen molar-refractivity contribution in [1.29, 1.82) is 0 Å². The highest BCUT2D eigenvalue weighted by atomic mass is 35.5. The SMILES string of the molecule is Cc1ccc(F)c([C@H](CCC(F)(F)F)N2CCNCC2)c1Cl.Cl. The maximum Gasteiger partial charge on any atom is 0.389 e. The number of hydrogen-bond donors (Lipinski definition) is 1. The minimum absolute atomic E-state index is 0. The van der Waals surface area contributed by atoms with Crippen molar-refractivity contribution in [3.8, 4) is 0 Å². The van der Waals surface area contributed by atoms with E-state index in [0.29, 0.717) is 31.7 Å². The molecule has 1 atom stereocenters. The lowest BCUT2D eigenvalue weighted by Gasteiger charge is -2.36. The van der Waals surface area contributed by atoms with Crippen molar-refractivity contribution in [2.75, 3.05) is 26.2 Å². The number of rotatable bonds is 4. The largest absolute Gasteiger partial charge is 0.389 e. The van der Waals surface area contributed by atoms with Crippen molar-refractivity contribution in [1.82, 2.24) is 10.2 Å². The van der Waals surface area contributed by atoms with Crippen LogP contribution in [0.15, 0.2) is 12.1 Å². The van der Waals surface area contributed by atoms with Crippen LogP contribution < -0.4 is 5.32 Å². The van der Waals surface area contributed by atoms with Crippen LogP contribution in [-0.2, 0) is 0 Å². The van der Waals surface area contributed by atoms with Crippen LogP contribution in [0.25, 0.3) is 0 Å². The normalized spacial score (nSPS) is 17.7. The third-order valence-electron chi connectivity index (χ3n) is 3.95. The molecule has 1 aromatic carbocycles. The average molecular weight is 375 g/mol. The molecular formula is C15H20Cl2F4N2. The van der Waals surface area contributed by atoms with Crippen LogP contribution >= 0.6 is 24.0 Å². The highest BCUT2D eigenvalue weighted by Gasteiger charge is 2.33. The Labute approximate surface area is 144 Å². The van der Waals surface area contributed by atoms with Crippen LogP contribution in [-0.4, -0.2) is 37.3 Å². The Morgan fingerprint density at radius 2 is 1.87 bits per heavy atom. The van der Waals surface area contributed by atoms with Crippen molar-refractivity contribution < 1.29 is 17.6 Å². The third-order valence-corrected chi connectivity index (χ3v) is 4.45. The number of aryl methyl sites for hydroxylation is 1. The van der Waals surface area contributed by atoms with Crippen molar-refractivity contribution in [3.05, 3.63) is 34.1 Å². The molecule has 1 aromatic rings. The quantitative estimate of drug-likeness (QED) is 0.780. The summed E-state index contributed by atoms with van der Waals surface area (Å²) in [6.45, 7) is 4.23. The Hall–Kier alpha value is -0.560. The minimum atomic E-state index is -4.26. The molecule has 0 unspecified atom stereocenters. The molecule has 0 amide bonds. The summed E-state index contributed by atoms with van der Waals surface area (Å²) in [6.07, 6.45) is -5.41. The van der Waals surface area contributed by atoms with Gasteiger partial charge in [0.2, 0.25) is 0 Å². The smallest absolute Gasteiger partial charge is 0.314 e. The summed E-state index contributed by atoms with van der Waals surface area (Å²) in [5.41, 5.74) is 0.859. The number of hydrogen-bond acceptors (Lipinski definition) is 2. The lowest BCUT2D eigenvalue weighted by molar-refractivity contribution is -0.138. The number of benzene rings is 1. The molecule has 2 rings (SSSR count). The highest BCUT2D eigenvalue weighted by Crippen LogP contribution is 2.37. The predicted octanol–water partition coefficient (Wildman–Crippen LogP) is 4.50. The molecule has 0 spiro atoms. The zero-order valence-corrected chi connectivity index (χ0v) is 14.3. The Morgan fingerprint density at radius 1 is 1.26 bits per heavy atom. The van der Waals surface area contributed by atoms with Gasteiger partial charge in [0.05, 0.1) is 5.02 Å². The monoisotopic (exact) mass is 374 g/mol. The molecule has 0 aromatic heterocycles. The second-order valence-electron chi connectivity index (χ2n) is 5.55. The van der Waals surface area contributed by atoms with Crippen LogP contribution in [0.3, 0.4) is 0 Å². The van der Waals surface area contributed by atoms with E-state index in [0.717, 1.165) is 0 Å². The standard InChI is InChI=1S/C15H19ClF4N2.ClH/c1-10-2-3-11(17)13(14(10)16)12(4-5-15(18,19)20)22-8-6-21-7-9-22;/h2-3,12,21H,4-9H2,1H3;1H/t12-;/m0./s1. The molecule has 1 fully saturated rings. The van der Waals surface area contributed by atoms with Gasteiger partial charge in [-0.05, 0) is 25.0 Å². The topological polar surface area (TPSA) is 15.3 Å². The molecule has 1 aliphatic heterocycles. The Kier molecular flexibility index (Phi) is 7.58. The Balaban J connectivity index is 0.00000264. The van der Waals surface area contributed by atoms with E-state index in [4.69, 9.17) is 11.6 Å². The van der Waals surface area contributed by atoms with Gasteiger partial charge in [-0.1, -0.05) is 17.7 Å². The zero-order valence-electron chi connectivity index (χ0n) is 12.7. The molecule has 0 aliphatic carbocycles. The van der Waals surface area contributed by atoms with Gasteiger partial charge in [-0.15, -0.1) is 12.4 Å². The number of nitrogens with one attached hydrogen (secondary N) is 1. The molecule has 1 saturated heterocycles. The molecule has 2 nitrogen and oxygen atoms in total. The van der Waals surface area contributed by atoms with Crippen LogP contribution in [0.5, 0.6) is 0 Å². The van der Waals surface area contributed by atoms with E-state index >= 15 is 0 Å². The van der Waals surface area contributed by atoms with Crippen LogP contribution in [0.1, 0.15) is 30.0 Å². The fourth-order valence-electron chi connectivity index (χ4n) is 2.79. The van der Waals surface area contributed by atoms with E-state index < -0.39 is 24.5 Å². The number of piperazine rings is 1. The van der Waals surface area contributed by atoms with Gasteiger partial charge >= 0.3 is 6.18 Å². The first-order valence-corrected chi connectivity index (χ1v) is 7.63. The second kappa shape index (κ2) is 8.51. The molecule has 0 bridgehead atoms. The van der Waals surface area contributed by atoms with Gasteiger partial charge in [0.25, 0.3) is 0 Å². The van der Waals surface area contributed by atoms with Gasteiger partial charge in [0, 0.05) is 44.2 Å².